The fraction of sp³-hybridized carbons (Fsp3) is 0.500. The number of nitrogens with one attached hydrogen (secondary N) is 2. The second kappa shape index (κ2) is 5.24. The molecule has 1 unspecified atom stereocenters. The summed E-state index contributed by atoms with van der Waals surface area (Å²) in [6.07, 6.45) is 2.21. The normalized spacial score (nSPS) is 17.4. The number of halogens is 1. The molecule has 1 atom stereocenters. The standard InChI is InChI=1S/C12H17FN2O2S/c1-9(8-14-10-6-7-10)18(16,17)15-12-5-3-2-4-11(12)13/h2-5,9-10,14-15H,6-8H2,1H3. The molecule has 1 aromatic carbocycles. The van der Waals surface area contributed by atoms with E-state index in [2.05, 4.69) is 10.0 Å². The third-order valence-corrected chi connectivity index (χ3v) is 4.66. The summed E-state index contributed by atoms with van der Waals surface area (Å²) in [5.41, 5.74) is -0.00391. The van der Waals surface area contributed by atoms with E-state index in [-0.39, 0.29) is 5.69 Å². The highest BCUT2D eigenvalue weighted by atomic mass is 32.2. The Morgan fingerprint density at radius 1 is 1.39 bits per heavy atom. The zero-order valence-electron chi connectivity index (χ0n) is 10.2. The maximum atomic E-state index is 13.4. The second-order valence-electron chi connectivity index (χ2n) is 4.62. The minimum atomic E-state index is -3.56. The molecule has 1 aromatic rings. The van der Waals surface area contributed by atoms with Crippen LogP contribution in [0, 0.1) is 5.82 Å². The molecule has 1 fully saturated rings. The van der Waals surface area contributed by atoms with Gasteiger partial charge in [-0.15, -0.1) is 0 Å². The summed E-state index contributed by atoms with van der Waals surface area (Å²) >= 11 is 0. The molecule has 0 bridgehead atoms. The highest BCUT2D eigenvalue weighted by molar-refractivity contribution is 7.93. The van der Waals surface area contributed by atoms with Crippen LogP contribution in [-0.2, 0) is 10.0 Å². The molecule has 0 amide bonds. The lowest BCUT2D eigenvalue weighted by atomic mass is 10.3. The van der Waals surface area contributed by atoms with E-state index in [9.17, 15) is 12.8 Å². The molecule has 2 rings (SSSR count). The van der Waals surface area contributed by atoms with Gasteiger partial charge in [0.1, 0.15) is 5.82 Å². The van der Waals surface area contributed by atoms with Gasteiger partial charge in [-0.25, -0.2) is 12.8 Å². The van der Waals surface area contributed by atoms with E-state index in [1.54, 1.807) is 13.0 Å². The van der Waals surface area contributed by atoms with E-state index in [4.69, 9.17) is 0 Å². The average Bonchev–Trinajstić information content (AvgIpc) is 3.12. The SMILES string of the molecule is CC(CNC1CC1)S(=O)(=O)Nc1ccccc1F. The molecular formula is C12H17FN2O2S. The molecule has 18 heavy (non-hydrogen) atoms. The Morgan fingerprint density at radius 3 is 2.67 bits per heavy atom. The summed E-state index contributed by atoms with van der Waals surface area (Å²) in [5.74, 6) is -0.566. The zero-order chi connectivity index (χ0) is 13.2. The Kier molecular flexibility index (Phi) is 3.87. The Labute approximate surface area is 107 Å². The molecule has 0 spiro atoms. The molecule has 1 saturated carbocycles. The van der Waals surface area contributed by atoms with Gasteiger partial charge in [0.25, 0.3) is 0 Å². The summed E-state index contributed by atoms with van der Waals surface area (Å²) in [5, 5.41) is 2.55. The first-order chi connectivity index (χ1) is 8.49. The first kappa shape index (κ1) is 13.3. The molecule has 100 valence electrons. The van der Waals surface area contributed by atoms with E-state index in [1.807, 2.05) is 0 Å². The van der Waals surface area contributed by atoms with Crippen molar-refractivity contribution in [2.45, 2.75) is 31.1 Å². The van der Waals surface area contributed by atoms with Gasteiger partial charge in [0.15, 0.2) is 0 Å². The molecule has 0 aromatic heterocycles. The van der Waals surface area contributed by atoms with Crippen molar-refractivity contribution in [3.05, 3.63) is 30.1 Å². The lowest BCUT2D eigenvalue weighted by Gasteiger charge is -2.15. The summed E-state index contributed by atoms with van der Waals surface area (Å²) in [7, 11) is -3.56. The van der Waals surface area contributed by atoms with Crippen LogP contribution in [0.3, 0.4) is 0 Å². The Balaban J connectivity index is 1.99. The number of hydrogen-bond acceptors (Lipinski definition) is 3. The number of sulfonamides is 1. The third kappa shape index (κ3) is 3.43. The van der Waals surface area contributed by atoms with Gasteiger partial charge in [-0.2, -0.15) is 0 Å². The van der Waals surface area contributed by atoms with Gasteiger partial charge in [0.05, 0.1) is 10.9 Å². The minimum Gasteiger partial charge on any atom is -0.313 e. The van der Waals surface area contributed by atoms with Crippen molar-refractivity contribution in [2.24, 2.45) is 0 Å². The first-order valence-electron chi connectivity index (χ1n) is 5.98. The monoisotopic (exact) mass is 272 g/mol. The van der Waals surface area contributed by atoms with Crippen molar-refractivity contribution in [3.63, 3.8) is 0 Å². The van der Waals surface area contributed by atoms with Crippen LogP contribution in [0.5, 0.6) is 0 Å². The second-order valence-corrected chi connectivity index (χ2v) is 6.72. The largest absolute Gasteiger partial charge is 0.313 e. The van der Waals surface area contributed by atoms with Crippen LogP contribution in [0.4, 0.5) is 10.1 Å². The lowest BCUT2D eigenvalue weighted by Crippen LogP contribution is -2.35. The van der Waals surface area contributed by atoms with Gasteiger partial charge >= 0.3 is 0 Å². The number of hydrogen-bond donors (Lipinski definition) is 2. The van der Waals surface area contributed by atoms with Crippen molar-refractivity contribution in [1.82, 2.24) is 5.32 Å². The molecular weight excluding hydrogens is 255 g/mol. The van der Waals surface area contributed by atoms with Crippen molar-refractivity contribution in [2.75, 3.05) is 11.3 Å². The minimum absolute atomic E-state index is 0.00391. The van der Waals surface area contributed by atoms with Gasteiger partial charge in [0.2, 0.25) is 10.0 Å². The van der Waals surface area contributed by atoms with E-state index >= 15 is 0 Å². The van der Waals surface area contributed by atoms with Crippen LogP contribution >= 0.6 is 0 Å². The predicted octanol–water partition coefficient (Wildman–Crippen LogP) is 1.71. The predicted molar refractivity (Wildman–Crippen MR) is 69.4 cm³/mol. The fourth-order valence-corrected chi connectivity index (χ4v) is 2.52. The topological polar surface area (TPSA) is 58.2 Å². The van der Waals surface area contributed by atoms with E-state index < -0.39 is 21.1 Å². The summed E-state index contributed by atoms with van der Waals surface area (Å²) in [6.45, 7) is 1.99. The van der Waals surface area contributed by atoms with Gasteiger partial charge in [-0.3, -0.25) is 4.72 Å². The summed E-state index contributed by atoms with van der Waals surface area (Å²) in [6, 6.07) is 6.20. The van der Waals surface area contributed by atoms with Crippen LogP contribution in [-0.4, -0.2) is 26.3 Å². The fourth-order valence-electron chi connectivity index (χ4n) is 1.53. The molecule has 0 radical (unpaired) electrons. The van der Waals surface area contributed by atoms with E-state index in [0.717, 1.165) is 12.8 Å². The highest BCUT2D eigenvalue weighted by Crippen LogP contribution is 2.19. The van der Waals surface area contributed by atoms with Gasteiger partial charge in [-0.1, -0.05) is 12.1 Å². The average molecular weight is 272 g/mol. The first-order valence-corrected chi connectivity index (χ1v) is 7.53. The molecule has 1 aliphatic rings. The molecule has 0 heterocycles. The van der Waals surface area contributed by atoms with Crippen molar-refractivity contribution in [3.8, 4) is 0 Å². The zero-order valence-corrected chi connectivity index (χ0v) is 11.0. The maximum Gasteiger partial charge on any atom is 0.236 e. The molecule has 2 N–H and O–H groups in total. The Bertz CT molecular complexity index is 515. The third-order valence-electron chi connectivity index (χ3n) is 2.93. The van der Waals surface area contributed by atoms with Gasteiger partial charge < -0.3 is 5.32 Å². The van der Waals surface area contributed by atoms with E-state index in [1.165, 1.54) is 18.2 Å². The number of benzene rings is 1. The van der Waals surface area contributed by atoms with Crippen LogP contribution < -0.4 is 10.0 Å². The number of anilines is 1. The van der Waals surface area contributed by atoms with Gasteiger partial charge in [0, 0.05) is 12.6 Å². The van der Waals surface area contributed by atoms with E-state index in [0.29, 0.717) is 12.6 Å². The molecule has 6 heteroatoms. The van der Waals surface area contributed by atoms with Crippen LogP contribution in [0.1, 0.15) is 19.8 Å². The van der Waals surface area contributed by atoms with Crippen molar-refractivity contribution in [1.29, 1.82) is 0 Å². The Hall–Kier alpha value is -1.14. The Morgan fingerprint density at radius 2 is 2.06 bits per heavy atom. The number of rotatable bonds is 6. The highest BCUT2D eigenvalue weighted by Gasteiger charge is 2.26. The quantitative estimate of drug-likeness (QED) is 0.829. The van der Waals surface area contributed by atoms with Crippen LogP contribution in [0.2, 0.25) is 0 Å². The molecule has 0 aliphatic heterocycles. The molecule has 4 nitrogen and oxygen atoms in total. The maximum absolute atomic E-state index is 13.4. The van der Waals surface area contributed by atoms with Crippen LogP contribution in [0.25, 0.3) is 0 Å². The lowest BCUT2D eigenvalue weighted by molar-refractivity contribution is 0.574. The molecule has 0 saturated heterocycles. The molecule has 1 aliphatic carbocycles. The van der Waals surface area contributed by atoms with Crippen molar-refractivity contribution >= 4 is 15.7 Å². The number of para-hydroxylation sites is 1. The summed E-state index contributed by atoms with van der Waals surface area (Å²) in [4.78, 5) is 0. The summed E-state index contributed by atoms with van der Waals surface area (Å²) < 4.78 is 39.6. The smallest absolute Gasteiger partial charge is 0.236 e. The van der Waals surface area contributed by atoms with Gasteiger partial charge in [-0.05, 0) is 31.9 Å². The van der Waals surface area contributed by atoms with Crippen molar-refractivity contribution < 1.29 is 12.8 Å². The van der Waals surface area contributed by atoms with Crippen LogP contribution in [0.15, 0.2) is 24.3 Å².